The SMILES string of the molecule is CC(=O)C(CC(C(C)=O)C(=O)Nc1ccc(S(=O)(=O)O)cc1)C(=O)Nc1ccc(S(=O)(=O)O)cc1. The number of carbonyl (C=O) groups is 4. The van der Waals surface area contributed by atoms with Crippen LogP contribution in [-0.2, 0) is 39.4 Å². The predicted octanol–water partition coefficient (Wildman–Crippen LogP) is 1.56. The zero-order valence-electron chi connectivity index (χ0n) is 18.5. The van der Waals surface area contributed by atoms with Crippen LogP contribution in [0.2, 0.25) is 0 Å². The molecule has 0 saturated heterocycles. The second-order valence-corrected chi connectivity index (χ2v) is 10.4. The number of nitrogens with one attached hydrogen (secondary N) is 2. The van der Waals surface area contributed by atoms with E-state index in [4.69, 9.17) is 9.11 Å². The Hall–Kier alpha value is -3.46. The summed E-state index contributed by atoms with van der Waals surface area (Å²) in [7, 11) is -8.88. The first-order valence-corrected chi connectivity index (χ1v) is 12.8. The lowest BCUT2D eigenvalue weighted by molar-refractivity contribution is -0.133. The van der Waals surface area contributed by atoms with E-state index in [9.17, 15) is 36.0 Å². The van der Waals surface area contributed by atoms with Crippen molar-refractivity contribution in [3.8, 4) is 0 Å². The van der Waals surface area contributed by atoms with Gasteiger partial charge in [-0.25, -0.2) is 0 Å². The Balaban J connectivity index is 2.17. The molecule has 2 aromatic rings. The quantitative estimate of drug-likeness (QED) is 0.260. The smallest absolute Gasteiger partial charge is 0.294 e. The molecule has 0 aromatic heterocycles. The van der Waals surface area contributed by atoms with Gasteiger partial charge in [0.2, 0.25) is 11.8 Å². The van der Waals surface area contributed by atoms with E-state index in [2.05, 4.69) is 10.6 Å². The maximum Gasteiger partial charge on any atom is 0.294 e. The summed E-state index contributed by atoms with van der Waals surface area (Å²) in [5.41, 5.74) is 0.216. The molecule has 188 valence electrons. The van der Waals surface area contributed by atoms with E-state index in [0.717, 1.165) is 38.1 Å². The van der Waals surface area contributed by atoms with Crippen molar-refractivity contribution in [1.82, 2.24) is 0 Å². The summed E-state index contributed by atoms with van der Waals surface area (Å²) < 4.78 is 62.5. The Labute approximate surface area is 201 Å². The minimum atomic E-state index is -4.44. The monoisotopic (exact) mass is 526 g/mol. The van der Waals surface area contributed by atoms with Gasteiger partial charge in [-0.1, -0.05) is 0 Å². The average molecular weight is 527 g/mol. The van der Waals surface area contributed by atoms with Crippen molar-refractivity contribution in [2.24, 2.45) is 11.8 Å². The van der Waals surface area contributed by atoms with Gasteiger partial charge in [-0.3, -0.25) is 28.3 Å². The molecule has 35 heavy (non-hydrogen) atoms. The molecule has 0 spiro atoms. The van der Waals surface area contributed by atoms with Gasteiger partial charge in [0.25, 0.3) is 20.2 Å². The third kappa shape index (κ3) is 7.78. The number of anilines is 2. The Morgan fingerprint density at radius 2 is 0.943 bits per heavy atom. The lowest BCUT2D eigenvalue weighted by Crippen LogP contribution is -2.36. The van der Waals surface area contributed by atoms with Gasteiger partial charge in [-0.2, -0.15) is 16.8 Å². The summed E-state index contributed by atoms with van der Waals surface area (Å²) in [6.07, 6.45) is -0.464. The first-order chi connectivity index (χ1) is 16.1. The molecule has 0 bridgehead atoms. The third-order valence-electron chi connectivity index (χ3n) is 4.93. The molecule has 0 aliphatic heterocycles. The van der Waals surface area contributed by atoms with E-state index in [0.29, 0.717) is 0 Å². The molecule has 2 rings (SSSR count). The van der Waals surface area contributed by atoms with Gasteiger partial charge < -0.3 is 10.6 Å². The van der Waals surface area contributed by atoms with E-state index in [1.165, 1.54) is 24.3 Å². The van der Waals surface area contributed by atoms with Crippen LogP contribution in [0.5, 0.6) is 0 Å². The summed E-state index contributed by atoms with van der Waals surface area (Å²) in [4.78, 5) is 48.8. The highest BCUT2D eigenvalue weighted by atomic mass is 32.2. The van der Waals surface area contributed by atoms with Crippen molar-refractivity contribution in [3.63, 3.8) is 0 Å². The standard InChI is InChI=1S/C21H22N2O10S2/c1-12(24)18(20(26)22-14-3-7-16(8-4-14)34(28,29)30)11-19(13(2)25)21(27)23-15-5-9-17(10-6-15)35(31,32)33/h3-10,18-19H,11H2,1-2H3,(H,22,26)(H,23,27)(H,28,29,30)(H,31,32,33). The highest BCUT2D eigenvalue weighted by Crippen LogP contribution is 2.21. The van der Waals surface area contributed by atoms with Gasteiger partial charge in [0.15, 0.2) is 0 Å². The minimum Gasteiger partial charge on any atom is -0.325 e. The zero-order chi connectivity index (χ0) is 26.6. The van der Waals surface area contributed by atoms with Crippen molar-refractivity contribution in [2.75, 3.05) is 10.6 Å². The van der Waals surface area contributed by atoms with Crippen LogP contribution in [0.25, 0.3) is 0 Å². The number of amides is 2. The summed E-state index contributed by atoms with van der Waals surface area (Å²) in [6.45, 7) is 2.21. The number of carbonyl (C=O) groups excluding carboxylic acids is 4. The van der Waals surface area contributed by atoms with Gasteiger partial charge in [0.1, 0.15) is 11.6 Å². The molecular formula is C21H22N2O10S2. The number of benzene rings is 2. The third-order valence-corrected chi connectivity index (χ3v) is 6.66. The van der Waals surface area contributed by atoms with E-state index >= 15 is 0 Å². The average Bonchev–Trinajstić information content (AvgIpc) is 2.73. The second-order valence-electron chi connectivity index (χ2n) is 7.54. The van der Waals surface area contributed by atoms with E-state index < -0.39 is 71.7 Å². The Kier molecular flexibility index (Phi) is 8.62. The molecule has 0 aliphatic carbocycles. The van der Waals surface area contributed by atoms with E-state index in [1.54, 1.807) is 0 Å². The first-order valence-electron chi connectivity index (χ1n) is 9.87. The first kappa shape index (κ1) is 27.8. The number of Topliss-reactive ketones (excluding diaryl/α,β-unsaturated/α-hetero) is 2. The molecular weight excluding hydrogens is 504 g/mol. The summed E-state index contributed by atoms with van der Waals surface area (Å²) in [5, 5.41) is 4.79. The van der Waals surface area contributed by atoms with Gasteiger partial charge in [-0.15, -0.1) is 0 Å². The van der Waals surface area contributed by atoms with Crippen LogP contribution in [0.4, 0.5) is 11.4 Å². The van der Waals surface area contributed by atoms with Crippen molar-refractivity contribution >= 4 is 55.0 Å². The predicted molar refractivity (Wildman–Crippen MR) is 123 cm³/mol. The van der Waals surface area contributed by atoms with Crippen molar-refractivity contribution in [1.29, 1.82) is 0 Å². The van der Waals surface area contributed by atoms with Gasteiger partial charge >= 0.3 is 0 Å². The summed E-state index contributed by atoms with van der Waals surface area (Å²) in [5.74, 6) is -5.75. The van der Waals surface area contributed by atoms with Gasteiger partial charge in [0.05, 0.1) is 21.6 Å². The molecule has 2 atom stereocenters. The topological polar surface area (TPSA) is 201 Å². The fourth-order valence-electron chi connectivity index (χ4n) is 3.03. The van der Waals surface area contributed by atoms with Gasteiger partial charge in [0, 0.05) is 11.4 Å². The van der Waals surface area contributed by atoms with Crippen LogP contribution >= 0.6 is 0 Å². The van der Waals surface area contributed by atoms with Crippen molar-refractivity contribution in [3.05, 3.63) is 48.5 Å². The largest absolute Gasteiger partial charge is 0.325 e. The molecule has 2 unspecified atom stereocenters. The number of hydrogen-bond donors (Lipinski definition) is 4. The normalized spacial score (nSPS) is 13.4. The molecule has 0 saturated carbocycles. The number of ketones is 2. The lowest BCUT2D eigenvalue weighted by Gasteiger charge is -2.19. The number of rotatable bonds is 10. The van der Waals surface area contributed by atoms with Crippen LogP contribution in [0.15, 0.2) is 58.3 Å². The lowest BCUT2D eigenvalue weighted by atomic mass is 9.88. The maximum absolute atomic E-state index is 12.7. The number of hydrogen-bond acceptors (Lipinski definition) is 8. The Bertz CT molecular complexity index is 1240. The molecule has 0 radical (unpaired) electrons. The van der Waals surface area contributed by atoms with E-state index in [1.807, 2.05) is 0 Å². The Morgan fingerprint density at radius 1 is 0.657 bits per heavy atom. The Morgan fingerprint density at radius 3 is 1.17 bits per heavy atom. The van der Waals surface area contributed by atoms with Gasteiger partial charge in [-0.05, 0) is 68.8 Å². The van der Waals surface area contributed by atoms with Crippen molar-refractivity contribution in [2.45, 2.75) is 30.1 Å². The molecule has 0 heterocycles. The molecule has 4 N–H and O–H groups in total. The highest BCUT2D eigenvalue weighted by Gasteiger charge is 2.33. The molecule has 14 heteroatoms. The molecule has 0 fully saturated rings. The summed E-state index contributed by atoms with van der Waals surface area (Å²) >= 11 is 0. The van der Waals surface area contributed by atoms with Crippen LogP contribution in [0.1, 0.15) is 20.3 Å². The van der Waals surface area contributed by atoms with Crippen LogP contribution in [0, 0.1) is 11.8 Å². The molecule has 2 aromatic carbocycles. The fraction of sp³-hybridized carbons (Fsp3) is 0.238. The second kappa shape index (κ2) is 10.9. The van der Waals surface area contributed by atoms with Crippen molar-refractivity contribution < 1.29 is 45.1 Å². The van der Waals surface area contributed by atoms with Crippen LogP contribution < -0.4 is 10.6 Å². The van der Waals surface area contributed by atoms with Crippen LogP contribution in [-0.4, -0.2) is 49.3 Å². The van der Waals surface area contributed by atoms with E-state index in [-0.39, 0.29) is 11.4 Å². The molecule has 0 aliphatic rings. The summed E-state index contributed by atoms with van der Waals surface area (Å²) in [6, 6.07) is 8.87. The molecule has 12 nitrogen and oxygen atoms in total. The maximum atomic E-state index is 12.7. The minimum absolute atomic E-state index is 0.108. The highest BCUT2D eigenvalue weighted by molar-refractivity contribution is 7.86. The fourth-order valence-corrected chi connectivity index (χ4v) is 3.99. The molecule has 2 amide bonds. The zero-order valence-corrected chi connectivity index (χ0v) is 20.1. The van der Waals surface area contributed by atoms with Crippen LogP contribution in [0.3, 0.4) is 0 Å².